The van der Waals surface area contributed by atoms with E-state index in [0.29, 0.717) is 11.9 Å². The zero-order chi connectivity index (χ0) is 22.7. The van der Waals surface area contributed by atoms with Gasteiger partial charge in [-0.15, -0.1) is 0 Å². The van der Waals surface area contributed by atoms with Crippen molar-refractivity contribution in [2.24, 2.45) is 0 Å². The highest BCUT2D eigenvalue weighted by Gasteiger charge is 2.23. The third-order valence-electron chi connectivity index (χ3n) is 5.97. The Morgan fingerprint density at radius 2 is 1.94 bits per heavy atom. The molecule has 4 rings (SSSR count). The number of halogens is 3. The van der Waals surface area contributed by atoms with Gasteiger partial charge in [0.05, 0.1) is 5.52 Å². The van der Waals surface area contributed by atoms with Crippen molar-refractivity contribution in [3.63, 3.8) is 0 Å². The van der Waals surface area contributed by atoms with Crippen molar-refractivity contribution in [3.05, 3.63) is 61.3 Å². The van der Waals surface area contributed by atoms with Crippen molar-refractivity contribution < 1.29 is 0 Å². The first-order chi connectivity index (χ1) is 15.5. The molecular formula is C25H27Br2ClN4. The van der Waals surface area contributed by atoms with E-state index in [1.807, 2.05) is 30.4 Å². The Morgan fingerprint density at radius 3 is 2.69 bits per heavy atom. The van der Waals surface area contributed by atoms with Gasteiger partial charge in [0.2, 0.25) is 0 Å². The van der Waals surface area contributed by atoms with Crippen molar-refractivity contribution >= 4 is 72.3 Å². The summed E-state index contributed by atoms with van der Waals surface area (Å²) in [7, 11) is 0. The zero-order valence-corrected chi connectivity index (χ0v) is 22.3. The van der Waals surface area contributed by atoms with Crippen molar-refractivity contribution in [2.75, 3.05) is 25.0 Å². The molecule has 4 nitrogen and oxygen atoms in total. The monoisotopic (exact) mass is 576 g/mol. The van der Waals surface area contributed by atoms with Crippen LogP contribution in [0, 0.1) is 0 Å². The molecule has 1 N–H and O–H groups in total. The minimum atomic E-state index is 0.354. The van der Waals surface area contributed by atoms with E-state index in [-0.39, 0.29) is 0 Å². The summed E-state index contributed by atoms with van der Waals surface area (Å²) in [4.78, 5) is 12.1. The maximum Gasteiger partial charge on any atom is 0.154 e. The molecule has 0 fully saturated rings. The van der Waals surface area contributed by atoms with Gasteiger partial charge in [0.1, 0.15) is 5.82 Å². The Kier molecular flexibility index (Phi) is 7.87. The molecule has 168 valence electrons. The quantitative estimate of drug-likeness (QED) is 0.302. The molecule has 3 aromatic rings. The maximum atomic E-state index is 6.45. The third-order valence-corrected chi connectivity index (χ3v) is 7.36. The summed E-state index contributed by atoms with van der Waals surface area (Å²) in [6.07, 6.45) is 7.20. The van der Waals surface area contributed by atoms with Crippen LogP contribution in [-0.2, 0) is 6.42 Å². The van der Waals surface area contributed by atoms with Crippen LogP contribution in [-0.4, -0.2) is 40.5 Å². The number of anilines is 1. The van der Waals surface area contributed by atoms with Crippen LogP contribution < -0.4 is 5.32 Å². The molecule has 2 heterocycles. The first-order valence-corrected chi connectivity index (χ1v) is 13.1. The summed E-state index contributed by atoms with van der Waals surface area (Å²) in [5, 5.41) is 5.51. The lowest BCUT2D eigenvalue weighted by Crippen LogP contribution is -2.30. The summed E-state index contributed by atoms with van der Waals surface area (Å²) in [6.45, 7) is 7.77. The summed E-state index contributed by atoms with van der Waals surface area (Å²) in [5.41, 5.74) is 3.20. The van der Waals surface area contributed by atoms with Crippen LogP contribution in [0.15, 0.2) is 39.3 Å². The predicted molar refractivity (Wildman–Crippen MR) is 143 cm³/mol. The van der Waals surface area contributed by atoms with Gasteiger partial charge in [-0.1, -0.05) is 69.5 Å². The highest BCUT2D eigenvalue weighted by atomic mass is 79.9. The number of nitrogens with zero attached hydrogens (tertiary/aromatic N) is 3. The number of hydrogen-bond acceptors (Lipinski definition) is 4. The first kappa shape index (κ1) is 23.7. The lowest BCUT2D eigenvalue weighted by Gasteiger charge is -2.28. The molecule has 0 radical (unpaired) electrons. The first-order valence-electron chi connectivity index (χ1n) is 11.1. The Balaban J connectivity index is 1.59. The molecule has 1 unspecified atom stereocenters. The fraction of sp³-hybridized carbons (Fsp3) is 0.360. The molecule has 0 spiro atoms. The van der Waals surface area contributed by atoms with Gasteiger partial charge >= 0.3 is 0 Å². The second-order valence-electron chi connectivity index (χ2n) is 8.10. The van der Waals surface area contributed by atoms with E-state index in [0.717, 1.165) is 75.1 Å². The fourth-order valence-electron chi connectivity index (χ4n) is 4.25. The summed E-state index contributed by atoms with van der Waals surface area (Å²) in [6, 6.07) is 10.5. The molecule has 1 aromatic heterocycles. The van der Waals surface area contributed by atoms with Crippen LogP contribution in [0.2, 0.25) is 5.02 Å². The summed E-state index contributed by atoms with van der Waals surface area (Å²) in [5.74, 6) is 1.59. The van der Waals surface area contributed by atoms with Crippen molar-refractivity contribution in [1.29, 1.82) is 0 Å². The minimum absolute atomic E-state index is 0.354. The SMILES string of the molecule is CCN(CC)CCCC1Cc2cc(Cl)cc3nc(C=Cc4ccc(Br)cc4Br)nc(c23)N1. The Morgan fingerprint density at radius 1 is 1.12 bits per heavy atom. The van der Waals surface area contributed by atoms with E-state index < -0.39 is 0 Å². The Labute approximate surface area is 211 Å². The van der Waals surface area contributed by atoms with E-state index in [1.165, 1.54) is 5.56 Å². The maximum absolute atomic E-state index is 6.45. The predicted octanol–water partition coefficient (Wildman–Crippen LogP) is 7.44. The van der Waals surface area contributed by atoms with Crippen LogP contribution in [0.25, 0.3) is 23.1 Å². The van der Waals surface area contributed by atoms with Gasteiger partial charge < -0.3 is 10.2 Å². The molecule has 1 aliphatic rings. The largest absolute Gasteiger partial charge is 0.366 e. The zero-order valence-electron chi connectivity index (χ0n) is 18.3. The molecule has 1 atom stereocenters. The average molecular weight is 579 g/mol. The molecule has 7 heteroatoms. The molecule has 0 saturated heterocycles. The highest BCUT2D eigenvalue weighted by Crippen LogP contribution is 2.34. The molecular weight excluding hydrogens is 552 g/mol. The van der Waals surface area contributed by atoms with Gasteiger partial charge in [0, 0.05) is 25.4 Å². The number of aromatic nitrogens is 2. The van der Waals surface area contributed by atoms with Crippen LogP contribution in [0.1, 0.15) is 43.6 Å². The van der Waals surface area contributed by atoms with E-state index in [4.69, 9.17) is 21.6 Å². The van der Waals surface area contributed by atoms with Gasteiger partial charge in [-0.25, -0.2) is 9.97 Å². The van der Waals surface area contributed by atoms with E-state index in [9.17, 15) is 0 Å². The molecule has 1 aliphatic heterocycles. The molecule has 32 heavy (non-hydrogen) atoms. The van der Waals surface area contributed by atoms with Crippen molar-refractivity contribution in [3.8, 4) is 0 Å². The van der Waals surface area contributed by atoms with E-state index in [2.05, 4.69) is 68.1 Å². The molecule has 0 bridgehead atoms. The topological polar surface area (TPSA) is 41.1 Å². The summed E-state index contributed by atoms with van der Waals surface area (Å²) >= 11 is 13.6. The second-order valence-corrected chi connectivity index (χ2v) is 10.3. The van der Waals surface area contributed by atoms with Crippen molar-refractivity contribution in [1.82, 2.24) is 14.9 Å². The standard InChI is InChI=1S/C25H27Br2ClN4/c1-3-32(4-2)11-5-6-20-13-17-12-19(28)15-22-24(17)25(29-20)31-23(30-22)10-8-16-7-9-18(26)14-21(16)27/h7-10,12,14-15,20H,3-6,11,13H2,1-2H3,(H,29,30,31). The van der Waals surface area contributed by atoms with Crippen LogP contribution in [0.3, 0.4) is 0 Å². The van der Waals surface area contributed by atoms with E-state index >= 15 is 0 Å². The Hall–Kier alpha value is -1.47. The smallest absolute Gasteiger partial charge is 0.154 e. The molecule has 2 aromatic carbocycles. The number of hydrogen-bond donors (Lipinski definition) is 1. The van der Waals surface area contributed by atoms with Gasteiger partial charge in [0.25, 0.3) is 0 Å². The van der Waals surface area contributed by atoms with Crippen LogP contribution in [0.5, 0.6) is 0 Å². The number of rotatable bonds is 8. The molecule has 0 aliphatic carbocycles. The lowest BCUT2D eigenvalue weighted by atomic mass is 9.94. The molecule has 0 amide bonds. The number of nitrogens with one attached hydrogen (secondary N) is 1. The highest BCUT2D eigenvalue weighted by molar-refractivity contribution is 9.11. The van der Waals surface area contributed by atoms with Gasteiger partial charge in [0.15, 0.2) is 5.82 Å². The van der Waals surface area contributed by atoms with E-state index in [1.54, 1.807) is 0 Å². The molecule has 0 saturated carbocycles. The lowest BCUT2D eigenvalue weighted by molar-refractivity contribution is 0.294. The third kappa shape index (κ3) is 5.53. The average Bonchev–Trinajstić information content (AvgIpc) is 2.75. The van der Waals surface area contributed by atoms with Crippen LogP contribution in [0.4, 0.5) is 5.82 Å². The van der Waals surface area contributed by atoms with Crippen molar-refractivity contribution in [2.45, 2.75) is 39.2 Å². The van der Waals surface area contributed by atoms with Gasteiger partial charge in [-0.2, -0.15) is 0 Å². The second kappa shape index (κ2) is 10.6. The van der Waals surface area contributed by atoms with Gasteiger partial charge in [-0.05, 0) is 80.4 Å². The summed E-state index contributed by atoms with van der Waals surface area (Å²) < 4.78 is 2.05. The van der Waals surface area contributed by atoms with Gasteiger partial charge in [-0.3, -0.25) is 0 Å². The normalized spacial score (nSPS) is 15.6. The minimum Gasteiger partial charge on any atom is -0.366 e. The Bertz CT molecular complexity index is 1140. The van der Waals surface area contributed by atoms with Crippen LogP contribution >= 0.6 is 43.5 Å². The fourth-order valence-corrected chi connectivity index (χ4v) is 5.67. The number of benzene rings is 2.